The Kier molecular flexibility index (Phi) is 6.79. The molecule has 2 aromatic carbocycles. The van der Waals surface area contributed by atoms with Gasteiger partial charge in [0.15, 0.2) is 23.0 Å². The van der Waals surface area contributed by atoms with Crippen LogP contribution in [0.4, 0.5) is 0 Å². The van der Waals surface area contributed by atoms with E-state index in [2.05, 4.69) is 0 Å². The monoisotopic (exact) mass is 569 g/mol. The summed E-state index contributed by atoms with van der Waals surface area (Å²) < 4.78 is 41.2. The molecule has 4 atom stereocenters. The van der Waals surface area contributed by atoms with E-state index in [1.54, 1.807) is 21.3 Å². The quantitative estimate of drug-likeness (QED) is 0.486. The summed E-state index contributed by atoms with van der Waals surface area (Å²) in [6, 6.07) is 7.75. The number of methoxy groups -OCH3 is 3. The zero-order chi connectivity index (χ0) is 29.3. The fourth-order valence-electron chi connectivity index (χ4n) is 7.45. The Morgan fingerprint density at radius 2 is 1.44 bits per heavy atom. The summed E-state index contributed by atoms with van der Waals surface area (Å²) in [5, 5.41) is 12.3. The van der Waals surface area contributed by atoms with E-state index in [1.165, 1.54) is 5.06 Å². The second-order valence-electron chi connectivity index (χ2n) is 12.6. The summed E-state index contributed by atoms with van der Waals surface area (Å²) in [6.45, 7) is 8.44. The third-order valence-corrected chi connectivity index (χ3v) is 9.11. The molecule has 0 bridgehead atoms. The molecular formula is C31H39NO9. The van der Waals surface area contributed by atoms with E-state index in [0.717, 1.165) is 16.7 Å². The van der Waals surface area contributed by atoms with Crippen LogP contribution in [0.2, 0.25) is 0 Å². The Hall–Kier alpha value is -3.21. The van der Waals surface area contributed by atoms with Crippen molar-refractivity contribution in [3.8, 4) is 28.7 Å². The topological polar surface area (TPSA) is 105 Å². The number of fused-ring (bicyclic) bond motifs is 3. The lowest BCUT2D eigenvalue weighted by atomic mass is 9.66. The van der Waals surface area contributed by atoms with Gasteiger partial charge in [0, 0.05) is 22.9 Å². The number of esters is 1. The lowest BCUT2D eigenvalue weighted by Crippen LogP contribution is -2.60. The number of hydrogen-bond acceptors (Lipinski definition) is 10. The average molecular weight is 570 g/mol. The van der Waals surface area contributed by atoms with Gasteiger partial charge in [-0.25, -0.2) is 0 Å². The molecule has 0 amide bonds. The predicted octanol–water partition coefficient (Wildman–Crippen LogP) is 4.84. The van der Waals surface area contributed by atoms with Crippen molar-refractivity contribution in [2.75, 3.05) is 34.7 Å². The molecule has 41 heavy (non-hydrogen) atoms. The highest BCUT2D eigenvalue weighted by Gasteiger charge is 2.55. The van der Waals surface area contributed by atoms with Crippen LogP contribution in [0.15, 0.2) is 24.3 Å². The molecule has 2 fully saturated rings. The van der Waals surface area contributed by atoms with Gasteiger partial charge in [-0.3, -0.25) is 4.79 Å². The first-order chi connectivity index (χ1) is 19.5. The lowest BCUT2D eigenvalue weighted by Gasteiger charge is -2.52. The molecule has 2 aromatic rings. The Morgan fingerprint density at radius 3 is 2.00 bits per heavy atom. The highest BCUT2D eigenvalue weighted by atomic mass is 16.7. The molecule has 222 valence electrons. The van der Waals surface area contributed by atoms with E-state index in [-0.39, 0.29) is 37.3 Å². The van der Waals surface area contributed by atoms with E-state index in [4.69, 9.17) is 33.2 Å². The van der Waals surface area contributed by atoms with Crippen molar-refractivity contribution in [1.29, 1.82) is 0 Å². The molecule has 10 nitrogen and oxygen atoms in total. The molecule has 3 heterocycles. The smallest absolute Gasteiger partial charge is 0.310 e. The Labute approximate surface area is 240 Å². The van der Waals surface area contributed by atoms with Crippen molar-refractivity contribution in [2.24, 2.45) is 11.8 Å². The summed E-state index contributed by atoms with van der Waals surface area (Å²) >= 11 is 0. The van der Waals surface area contributed by atoms with Gasteiger partial charge in [-0.1, -0.05) is 0 Å². The summed E-state index contributed by atoms with van der Waals surface area (Å²) in [4.78, 5) is 13.5. The number of benzene rings is 2. The number of hydrogen-bond donors (Lipinski definition) is 1. The first-order valence-corrected chi connectivity index (χ1v) is 14.0. The van der Waals surface area contributed by atoms with Crippen LogP contribution in [0.5, 0.6) is 28.7 Å². The standard InChI is InChI=1S/C31H39NO9/c1-30(2)12-17(13-31(3,4)32(30)34)41-27-19-11-22-21(39-15-40-22)10-18(19)25(26-20(27)14-38-29(26)33)16-8-23(35-5)28(37-7)24(9-16)36-6/h8-11,17,20,25-27,34H,12-15H2,1-7H3/t20-,25+,26-,27+/m0/s1. The van der Waals surface area contributed by atoms with Crippen LogP contribution in [0.1, 0.15) is 69.2 Å². The highest BCUT2D eigenvalue weighted by Crippen LogP contribution is 2.57. The van der Waals surface area contributed by atoms with Crippen LogP contribution < -0.4 is 23.7 Å². The molecule has 0 spiro atoms. The molecular weight excluding hydrogens is 530 g/mol. The zero-order valence-electron chi connectivity index (χ0n) is 24.7. The van der Waals surface area contributed by atoms with Crippen LogP contribution in [0.25, 0.3) is 0 Å². The Balaban J connectivity index is 1.49. The summed E-state index contributed by atoms with van der Waals surface area (Å²) in [7, 11) is 4.71. The van der Waals surface area contributed by atoms with Gasteiger partial charge >= 0.3 is 5.97 Å². The number of carbonyl (C=O) groups is 1. The molecule has 3 aliphatic heterocycles. The van der Waals surface area contributed by atoms with Crippen molar-refractivity contribution in [2.45, 2.75) is 69.7 Å². The maximum Gasteiger partial charge on any atom is 0.310 e. The fraction of sp³-hybridized carbons (Fsp3) is 0.581. The Morgan fingerprint density at radius 1 is 0.854 bits per heavy atom. The van der Waals surface area contributed by atoms with Crippen LogP contribution >= 0.6 is 0 Å². The predicted molar refractivity (Wildman–Crippen MR) is 147 cm³/mol. The molecule has 4 aliphatic rings. The van der Waals surface area contributed by atoms with Crippen molar-refractivity contribution >= 4 is 5.97 Å². The van der Waals surface area contributed by atoms with Crippen molar-refractivity contribution < 1.29 is 43.2 Å². The molecule has 6 rings (SSSR count). The number of cyclic esters (lactones) is 1. The van der Waals surface area contributed by atoms with E-state index in [9.17, 15) is 10.0 Å². The van der Waals surface area contributed by atoms with Gasteiger partial charge in [-0.2, -0.15) is 5.06 Å². The van der Waals surface area contributed by atoms with Gasteiger partial charge in [0.2, 0.25) is 12.5 Å². The maximum atomic E-state index is 13.5. The van der Waals surface area contributed by atoms with Gasteiger partial charge in [0.25, 0.3) is 0 Å². The lowest BCUT2D eigenvalue weighted by molar-refractivity contribution is -0.267. The van der Waals surface area contributed by atoms with Crippen molar-refractivity contribution in [1.82, 2.24) is 5.06 Å². The number of hydroxylamine groups is 2. The maximum absolute atomic E-state index is 13.5. The van der Waals surface area contributed by atoms with E-state index in [1.807, 2.05) is 52.0 Å². The van der Waals surface area contributed by atoms with Crippen molar-refractivity contribution in [3.05, 3.63) is 41.0 Å². The van der Waals surface area contributed by atoms with Crippen LogP contribution in [-0.2, 0) is 14.3 Å². The molecule has 0 unspecified atom stereocenters. The van der Waals surface area contributed by atoms with Gasteiger partial charge in [-0.05, 0) is 81.5 Å². The molecule has 0 radical (unpaired) electrons. The number of piperidine rings is 1. The minimum absolute atomic E-state index is 0.130. The van der Waals surface area contributed by atoms with Gasteiger partial charge in [0.1, 0.15) is 0 Å². The van der Waals surface area contributed by atoms with E-state index >= 15 is 0 Å². The minimum atomic E-state index is -0.505. The first kappa shape index (κ1) is 27.9. The number of ether oxygens (including phenoxy) is 7. The first-order valence-electron chi connectivity index (χ1n) is 14.0. The summed E-state index contributed by atoms with van der Waals surface area (Å²) in [5.74, 6) is 1.38. The normalized spacial score (nSPS) is 28.0. The van der Waals surface area contributed by atoms with Crippen LogP contribution in [0.3, 0.4) is 0 Å². The number of nitrogens with zero attached hydrogens (tertiary/aromatic N) is 1. The third kappa shape index (κ3) is 4.47. The second kappa shape index (κ2) is 9.96. The zero-order valence-corrected chi connectivity index (χ0v) is 24.7. The highest BCUT2D eigenvalue weighted by molar-refractivity contribution is 5.79. The van der Waals surface area contributed by atoms with E-state index < -0.39 is 23.1 Å². The number of carbonyl (C=O) groups excluding carboxylic acids is 1. The van der Waals surface area contributed by atoms with Gasteiger partial charge in [0.05, 0.1) is 46.1 Å². The summed E-state index contributed by atoms with van der Waals surface area (Å²) in [6.07, 6.45) is 0.689. The SMILES string of the molecule is COc1cc([C@@H]2c3cc4c(cc3[C@@H](OC3CC(C)(C)N(O)C(C)(C)C3)[C@H]3COC(=O)[C@H]23)OCO4)cc(OC)c1OC. The molecule has 1 aliphatic carbocycles. The van der Waals surface area contributed by atoms with Crippen LogP contribution in [-0.4, -0.2) is 68.2 Å². The van der Waals surface area contributed by atoms with Gasteiger partial charge in [-0.15, -0.1) is 0 Å². The second-order valence-corrected chi connectivity index (χ2v) is 12.6. The molecule has 1 N–H and O–H groups in total. The molecule has 0 saturated carbocycles. The van der Waals surface area contributed by atoms with Gasteiger partial charge < -0.3 is 38.4 Å². The third-order valence-electron chi connectivity index (χ3n) is 9.11. The average Bonchev–Trinajstić information content (AvgIpc) is 3.55. The molecule has 0 aromatic heterocycles. The number of rotatable bonds is 6. The van der Waals surface area contributed by atoms with E-state index in [0.29, 0.717) is 41.6 Å². The summed E-state index contributed by atoms with van der Waals surface area (Å²) in [5.41, 5.74) is 1.71. The fourth-order valence-corrected chi connectivity index (χ4v) is 7.45. The van der Waals surface area contributed by atoms with Crippen LogP contribution in [0, 0.1) is 11.8 Å². The van der Waals surface area contributed by atoms with Crippen molar-refractivity contribution in [3.63, 3.8) is 0 Å². The Bertz CT molecular complexity index is 1310. The minimum Gasteiger partial charge on any atom is -0.493 e. The molecule has 10 heteroatoms. The molecule has 2 saturated heterocycles. The largest absolute Gasteiger partial charge is 0.493 e.